The number of aliphatic hydroxyl groups is 14. The first-order valence-electron chi connectivity index (χ1n) is 23.6. The van der Waals surface area contributed by atoms with Gasteiger partial charge in [0.05, 0.1) is 33.0 Å². The van der Waals surface area contributed by atoms with Crippen molar-refractivity contribution < 1.29 is 119 Å². The molecule has 0 aromatic heterocycles. The van der Waals surface area contributed by atoms with E-state index >= 15 is 0 Å². The van der Waals surface area contributed by atoms with Crippen LogP contribution in [0.1, 0.15) is 71.1 Å². The van der Waals surface area contributed by atoms with E-state index in [9.17, 15) is 76.3 Å². The van der Waals surface area contributed by atoms with Gasteiger partial charge >= 0.3 is 5.97 Å². The molecule has 0 bridgehead atoms. The highest BCUT2D eigenvalue weighted by atomic mass is 16.8. The Morgan fingerprint density at radius 2 is 0.841 bits per heavy atom. The molecular formula is C45H76O24. The van der Waals surface area contributed by atoms with Crippen molar-refractivity contribution in [2.24, 2.45) is 0 Å². The lowest BCUT2D eigenvalue weighted by Crippen LogP contribution is -2.63. The Morgan fingerprint density at radius 1 is 0.464 bits per heavy atom. The van der Waals surface area contributed by atoms with E-state index in [1.165, 1.54) is 0 Å². The van der Waals surface area contributed by atoms with E-state index in [1.807, 2.05) is 0 Å². The van der Waals surface area contributed by atoms with E-state index in [-0.39, 0.29) is 6.42 Å². The Bertz CT molecular complexity index is 1520. The second-order valence-electron chi connectivity index (χ2n) is 17.5. The summed E-state index contributed by atoms with van der Waals surface area (Å²) in [4.78, 5) is 12.2. The number of hydrogen-bond donors (Lipinski definition) is 14. The molecule has 0 unspecified atom stereocenters. The van der Waals surface area contributed by atoms with Gasteiger partial charge in [-0.15, -0.1) is 0 Å². The molecule has 0 amide bonds. The molecule has 400 valence electrons. The minimum Gasteiger partial charge on any atom is -0.463 e. The van der Waals surface area contributed by atoms with Crippen molar-refractivity contribution in [1.82, 2.24) is 0 Å². The summed E-state index contributed by atoms with van der Waals surface area (Å²) < 4.78 is 49.1. The lowest BCUT2D eigenvalue weighted by atomic mass is 9.98. The van der Waals surface area contributed by atoms with Gasteiger partial charge in [-0.3, -0.25) is 4.79 Å². The van der Waals surface area contributed by atoms with E-state index in [0.29, 0.717) is 6.42 Å². The molecule has 69 heavy (non-hydrogen) atoms. The highest BCUT2D eigenvalue weighted by Crippen LogP contribution is 2.29. The molecule has 4 fully saturated rings. The predicted octanol–water partition coefficient (Wildman–Crippen LogP) is -4.23. The Kier molecular flexibility index (Phi) is 26.5. The molecule has 0 aliphatic carbocycles. The van der Waals surface area contributed by atoms with Gasteiger partial charge in [0.25, 0.3) is 0 Å². The number of aliphatic hydroxyl groups excluding tert-OH is 14. The summed E-state index contributed by atoms with van der Waals surface area (Å²) in [6.45, 7) is -1.65. The quantitative estimate of drug-likeness (QED) is 0.0201. The van der Waals surface area contributed by atoms with Gasteiger partial charge in [0.1, 0.15) is 110 Å². The van der Waals surface area contributed by atoms with Crippen molar-refractivity contribution in [2.45, 2.75) is 200 Å². The summed E-state index contributed by atoms with van der Waals surface area (Å²) in [6, 6.07) is 0. The van der Waals surface area contributed by atoms with Gasteiger partial charge in [-0.25, -0.2) is 0 Å². The summed E-state index contributed by atoms with van der Waals surface area (Å²) in [6.07, 6.45) is -14.5. The van der Waals surface area contributed by atoms with Crippen LogP contribution in [-0.4, -0.2) is 246 Å². The van der Waals surface area contributed by atoms with Crippen molar-refractivity contribution in [1.29, 1.82) is 0 Å². The molecule has 0 radical (unpaired) electrons. The van der Waals surface area contributed by atoms with Gasteiger partial charge in [-0.2, -0.15) is 0 Å². The topological polar surface area (TPSA) is 383 Å². The first kappa shape index (κ1) is 59.4. The van der Waals surface area contributed by atoms with Gasteiger partial charge in [0.2, 0.25) is 0 Å². The SMILES string of the molecule is CC/C=C\C/C=C\C/C=C\CCCCCCCC(=O)OC[C@H](O)CO[C@@H]1O[C@H](CO[C@@H]2O[C@H](CO[C@@H]3O[C@H](CO[C@@H]4O[C@H](CO)[C@H](O)[C@H](O)[C@H]4O)[C@H](O)[C@H](O)[C@H]3O)[C@H](O)[C@H](O)[C@H]2O)[C@H](O)[C@H](O)[C@H]1O. The Hall–Kier alpha value is -2.19. The standard InChI is InChI=1S/C45H76O24/c1-2-3-4-5-6-7-8-9-10-11-12-13-14-15-16-17-29(48)61-19-24(47)20-62-42-39(58)35(54)31(50)26(67-42)22-64-44-41(60)37(56)33(52)28(69-44)23-65-45-40(59)36(55)32(51)27(68-45)21-63-43-38(57)34(53)30(49)25(18-46)66-43/h3-4,6-7,9-10,24-28,30-47,49-60H,2,5,8,11-23H2,1H3/b4-3-,7-6-,10-9-/t24-,25+,26+,27+,28+,30-,31-,32-,33-,34-,35-,36-,37-,38+,39+,40+,41+,42+,43+,44+,45+/m0/s1. The molecule has 24 nitrogen and oxygen atoms in total. The van der Waals surface area contributed by atoms with E-state index in [0.717, 1.165) is 51.4 Å². The van der Waals surface area contributed by atoms with Gasteiger partial charge in [-0.05, 0) is 38.5 Å². The third kappa shape index (κ3) is 18.1. The van der Waals surface area contributed by atoms with Crippen LogP contribution in [0, 0.1) is 0 Å². The Morgan fingerprint density at radius 3 is 1.29 bits per heavy atom. The number of allylic oxidation sites excluding steroid dienone is 6. The molecule has 0 spiro atoms. The van der Waals surface area contributed by atoms with Gasteiger partial charge in [-0.1, -0.05) is 62.6 Å². The Balaban J connectivity index is 1.16. The van der Waals surface area contributed by atoms with Crippen LogP contribution >= 0.6 is 0 Å². The largest absolute Gasteiger partial charge is 0.463 e. The zero-order chi connectivity index (χ0) is 50.6. The van der Waals surface area contributed by atoms with E-state index in [1.54, 1.807) is 0 Å². The second kappa shape index (κ2) is 30.8. The molecule has 21 atom stereocenters. The molecule has 4 heterocycles. The molecule has 0 aromatic rings. The van der Waals surface area contributed by atoms with Crippen LogP contribution in [-0.2, 0) is 47.4 Å². The lowest BCUT2D eigenvalue weighted by Gasteiger charge is -2.44. The fourth-order valence-electron chi connectivity index (χ4n) is 7.75. The number of rotatable bonds is 28. The predicted molar refractivity (Wildman–Crippen MR) is 234 cm³/mol. The lowest BCUT2D eigenvalue weighted by molar-refractivity contribution is -0.348. The molecule has 14 N–H and O–H groups in total. The second-order valence-corrected chi connectivity index (χ2v) is 17.5. The highest BCUT2D eigenvalue weighted by molar-refractivity contribution is 5.69. The number of ether oxygens (including phenoxy) is 9. The maximum atomic E-state index is 12.2. The summed E-state index contributed by atoms with van der Waals surface area (Å²) in [5, 5.41) is 145. The van der Waals surface area contributed by atoms with Crippen molar-refractivity contribution >= 4 is 5.97 Å². The third-order valence-electron chi connectivity index (χ3n) is 12.0. The van der Waals surface area contributed by atoms with Crippen LogP contribution in [0.3, 0.4) is 0 Å². The number of hydrogen-bond acceptors (Lipinski definition) is 24. The summed E-state index contributed by atoms with van der Waals surface area (Å²) in [7, 11) is 0. The maximum Gasteiger partial charge on any atom is 0.305 e. The number of unbranched alkanes of at least 4 members (excludes halogenated alkanes) is 5. The molecular weight excluding hydrogens is 924 g/mol. The van der Waals surface area contributed by atoms with Crippen LogP contribution in [0.5, 0.6) is 0 Å². The van der Waals surface area contributed by atoms with Crippen LogP contribution in [0.4, 0.5) is 0 Å². The maximum absolute atomic E-state index is 12.2. The van der Waals surface area contributed by atoms with Crippen LogP contribution in [0.15, 0.2) is 36.5 Å². The zero-order valence-corrected chi connectivity index (χ0v) is 38.7. The van der Waals surface area contributed by atoms with Crippen LogP contribution < -0.4 is 0 Å². The van der Waals surface area contributed by atoms with Crippen LogP contribution in [0.25, 0.3) is 0 Å². The smallest absolute Gasteiger partial charge is 0.305 e. The number of esters is 1. The molecule has 4 rings (SSSR count). The first-order chi connectivity index (χ1) is 33.0. The van der Waals surface area contributed by atoms with E-state index < -0.39 is 175 Å². The highest BCUT2D eigenvalue weighted by Gasteiger charge is 2.50. The number of carbonyl (C=O) groups is 1. The van der Waals surface area contributed by atoms with Gasteiger partial charge in [0.15, 0.2) is 25.2 Å². The van der Waals surface area contributed by atoms with Crippen molar-refractivity contribution in [3.05, 3.63) is 36.5 Å². The molecule has 4 saturated heterocycles. The average molecular weight is 1000 g/mol. The number of carbonyl (C=O) groups excluding carboxylic acids is 1. The van der Waals surface area contributed by atoms with Crippen molar-refractivity contribution in [3.8, 4) is 0 Å². The van der Waals surface area contributed by atoms with Crippen molar-refractivity contribution in [3.63, 3.8) is 0 Å². The third-order valence-corrected chi connectivity index (χ3v) is 12.0. The molecule has 0 aromatic carbocycles. The summed E-state index contributed by atoms with van der Waals surface area (Å²) in [5.74, 6) is -0.510. The average Bonchev–Trinajstić information content (AvgIpc) is 3.34. The molecule has 24 heteroatoms. The van der Waals surface area contributed by atoms with E-state index in [2.05, 4.69) is 43.4 Å². The fourth-order valence-corrected chi connectivity index (χ4v) is 7.75. The first-order valence-corrected chi connectivity index (χ1v) is 23.6. The summed E-state index contributed by atoms with van der Waals surface area (Å²) in [5.41, 5.74) is 0. The molecule has 4 aliphatic rings. The van der Waals surface area contributed by atoms with Gasteiger partial charge < -0.3 is 114 Å². The molecule has 4 aliphatic heterocycles. The fraction of sp³-hybridized carbons (Fsp3) is 0.844. The molecule has 0 saturated carbocycles. The normalized spacial score (nSPS) is 39.4. The monoisotopic (exact) mass is 1000 g/mol. The minimum atomic E-state index is -1.93. The zero-order valence-electron chi connectivity index (χ0n) is 38.7. The van der Waals surface area contributed by atoms with Gasteiger partial charge in [0, 0.05) is 6.42 Å². The van der Waals surface area contributed by atoms with Crippen molar-refractivity contribution in [2.75, 3.05) is 39.6 Å². The van der Waals surface area contributed by atoms with E-state index in [4.69, 9.17) is 42.6 Å². The Labute approximate surface area is 400 Å². The summed E-state index contributed by atoms with van der Waals surface area (Å²) >= 11 is 0. The van der Waals surface area contributed by atoms with Crippen LogP contribution in [0.2, 0.25) is 0 Å². The minimum absolute atomic E-state index is 0.162.